The van der Waals surface area contributed by atoms with Gasteiger partial charge in [-0.1, -0.05) is 23.9 Å². The monoisotopic (exact) mass is 286 g/mol. The van der Waals surface area contributed by atoms with E-state index in [2.05, 4.69) is 21.1 Å². The van der Waals surface area contributed by atoms with Crippen LogP contribution in [0.15, 0.2) is 34.5 Å². The molecule has 1 aromatic rings. The summed E-state index contributed by atoms with van der Waals surface area (Å²) in [6.45, 7) is 0. The molecule has 100 valence electrons. The number of hydrogen-bond donors (Lipinski definition) is 2. The van der Waals surface area contributed by atoms with E-state index in [1.807, 2.05) is 12.1 Å². The van der Waals surface area contributed by atoms with Gasteiger partial charge in [0, 0.05) is 5.75 Å². The first-order chi connectivity index (χ1) is 9.72. The van der Waals surface area contributed by atoms with Gasteiger partial charge >= 0.3 is 0 Å². The SMILES string of the molecule is N#CC(C#N)N=Nc1ccc(C2CSC(=O)NN2)cc1. The van der Waals surface area contributed by atoms with Gasteiger partial charge < -0.3 is 0 Å². The van der Waals surface area contributed by atoms with Crippen molar-refractivity contribution in [3.05, 3.63) is 29.8 Å². The van der Waals surface area contributed by atoms with E-state index < -0.39 is 6.04 Å². The number of nitriles is 2. The molecule has 20 heavy (non-hydrogen) atoms. The van der Waals surface area contributed by atoms with Gasteiger partial charge in [-0.3, -0.25) is 10.2 Å². The summed E-state index contributed by atoms with van der Waals surface area (Å²) in [7, 11) is 0. The number of carbonyl (C=O) groups excluding carboxylic acids is 1. The first kappa shape index (κ1) is 14.0. The van der Waals surface area contributed by atoms with Crippen LogP contribution in [0.1, 0.15) is 11.6 Å². The van der Waals surface area contributed by atoms with Gasteiger partial charge in [0.15, 0.2) is 0 Å². The van der Waals surface area contributed by atoms with Crippen LogP contribution in [0.2, 0.25) is 0 Å². The van der Waals surface area contributed by atoms with Crippen LogP contribution in [-0.2, 0) is 0 Å². The largest absolute Gasteiger partial charge is 0.293 e. The summed E-state index contributed by atoms with van der Waals surface area (Å²) >= 11 is 1.22. The Morgan fingerprint density at radius 1 is 1.30 bits per heavy atom. The summed E-state index contributed by atoms with van der Waals surface area (Å²) in [5.74, 6) is 0.650. The van der Waals surface area contributed by atoms with E-state index in [1.165, 1.54) is 11.8 Å². The normalized spacial score (nSPS) is 18.6. The van der Waals surface area contributed by atoms with Crippen LogP contribution in [0.25, 0.3) is 0 Å². The maximum Gasteiger partial charge on any atom is 0.293 e. The predicted octanol–water partition coefficient (Wildman–Crippen LogP) is 2.19. The van der Waals surface area contributed by atoms with Crippen LogP contribution in [0, 0.1) is 22.7 Å². The Labute approximate surface area is 119 Å². The summed E-state index contributed by atoms with van der Waals surface area (Å²) < 4.78 is 0. The maximum absolute atomic E-state index is 11.0. The van der Waals surface area contributed by atoms with E-state index in [0.717, 1.165) is 5.56 Å². The Morgan fingerprint density at radius 2 is 2.00 bits per heavy atom. The fourth-order valence-corrected chi connectivity index (χ4v) is 2.27. The molecule has 0 aromatic heterocycles. The van der Waals surface area contributed by atoms with Crippen molar-refractivity contribution in [1.29, 1.82) is 10.5 Å². The van der Waals surface area contributed by atoms with Crippen molar-refractivity contribution in [3.8, 4) is 12.1 Å². The van der Waals surface area contributed by atoms with E-state index in [9.17, 15) is 4.79 Å². The molecule has 0 aliphatic carbocycles. The lowest BCUT2D eigenvalue weighted by Crippen LogP contribution is -2.43. The van der Waals surface area contributed by atoms with Gasteiger partial charge in [-0.15, -0.1) is 0 Å². The quantitative estimate of drug-likeness (QED) is 0.827. The third-order valence-corrected chi connectivity index (χ3v) is 3.42. The fraction of sp³-hybridized carbons (Fsp3) is 0.250. The minimum Gasteiger partial charge on any atom is -0.282 e. The van der Waals surface area contributed by atoms with Crippen molar-refractivity contribution in [3.63, 3.8) is 0 Å². The minimum atomic E-state index is -1.08. The van der Waals surface area contributed by atoms with Gasteiger partial charge in [-0.2, -0.15) is 20.8 Å². The predicted molar refractivity (Wildman–Crippen MR) is 72.8 cm³/mol. The van der Waals surface area contributed by atoms with E-state index >= 15 is 0 Å². The number of hydrazine groups is 1. The third kappa shape index (κ3) is 3.54. The number of hydrogen-bond acceptors (Lipinski definition) is 7. The number of benzene rings is 1. The molecule has 0 radical (unpaired) electrons. The molecule has 0 saturated carbocycles. The second-order valence-electron chi connectivity index (χ2n) is 3.89. The summed E-state index contributed by atoms with van der Waals surface area (Å²) in [6, 6.07) is 9.59. The third-order valence-electron chi connectivity index (χ3n) is 2.56. The van der Waals surface area contributed by atoms with Crippen molar-refractivity contribution < 1.29 is 4.79 Å². The molecule has 8 heteroatoms. The number of nitrogens with zero attached hydrogens (tertiary/aromatic N) is 4. The summed E-state index contributed by atoms with van der Waals surface area (Å²) in [5, 5.41) is 24.5. The van der Waals surface area contributed by atoms with E-state index in [1.54, 1.807) is 24.3 Å². The molecule has 0 spiro atoms. The number of azo groups is 1. The molecule has 0 bridgehead atoms. The topological polar surface area (TPSA) is 113 Å². The van der Waals surface area contributed by atoms with Crippen LogP contribution in [0.3, 0.4) is 0 Å². The highest BCUT2D eigenvalue weighted by molar-refractivity contribution is 8.13. The van der Waals surface area contributed by atoms with Gasteiger partial charge in [0.1, 0.15) is 12.1 Å². The zero-order valence-corrected chi connectivity index (χ0v) is 11.1. The molecule has 1 unspecified atom stereocenters. The molecule has 2 rings (SSSR count). The Balaban J connectivity index is 2.02. The molecule has 1 aromatic carbocycles. The van der Waals surface area contributed by atoms with Crippen molar-refractivity contribution in [2.75, 3.05) is 5.75 Å². The molecular formula is C12H10N6OS. The average Bonchev–Trinajstić information content (AvgIpc) is 2.50. The fourth-order valence-electron chi connectivity index (χ4n) is 1.54. The lowest BCUT2D eigenvalue weighted by atomic mass is 10.1. The van der Waals surface area contributed by atoms with E-state index in [4.69, 9.17) is 10.5 Å². The van der Waals surface area contributed by atoms with Gasteiger partial charge in [0.25, 0.3) is 5.24 Å². The Kier molecular flexibility index (Phi) is 4.66. The van der Waals surface area contributed by atoms with Gasteiger partial charge in [-0.05, 0) is 17.7 Å². The number of nitrogens with one attached hydrogen (secondary N) is 2. The summed E-state index contributed by atoms with van der Waals surface area (Å²) in [5.41, 5.74) is 7.05. The zero-order chi connectivity index (χ0) is 14.4. The molecular weight excluding hydrogens is 276 g/mol. The molecule has 7 nitrogen and oxygen atoms in total. The second kappa shape index (κ2) is 6.66. The molecule has 2 N–H and O–H groups in total. The van der Waals surface area contributed by atoms with Crippen LogP contribution < -0.4 is 10.9 Å². The average molecular weight is 286 g/mol. The van der Waals surface area contributed by atoms with E-state index in [-0.39, 0.29) is 11.3 Å². The maximum atomic E-state index is 11.0. The lowest BCUT2D eigenvalue weighted by molar-refractivity contribution is 0.253. The smallest absolute Gasteiger partial charge is 0.282 e. The zero-order valence-electron chi connectivity index (χ0n) is 10.3. The number of carbonyl (C=O) groups is 1. The Hall–Kier alpha value is -2.42. The highest BCUT2D eigenvalue weighted by Gasteiger charge is 2.19. The van der Waals surface area contributed by atoms with Crippen LogP contribution in [-0.4, -0.2) is 17.0 Å². The van der Waals surface area contributed by atoms with E-state index in [0.29, 0.717) is 11.4 Å². The van der Waals surface area contributed by atoms with Crippen molar-refractivity contribution in [2.45, 2.75) is 12.1 Å². The Bertz CT molecular complexity index is 576. The minimum absolute atomic E-state index is 0.0367. The number of amides is 1. The highest BCUT2D eigenvalue weighted by Crippen LogP contribution is 2.23. The summed E-state index contributed by atoms with van der Waals surface area (Å²) in [6.07, 6.45) is 0. The van der Waals surface area contributed by atoms with Gasteiger partial charge in [-0.25, -0.2) is 5.43 Å². The molecule has 1 amide bonds. The number of thioether (sulfide) groups is 1. The molecule has 1 atom stereocenters. The van der Waals surface area contributed by atoms with Gasteiger partial charge in [0.2, 0.25) is 6.04 Å². The Morgan fingerprint density at radius 3 is 2.55 bits per heavy atom. The molecule has 1 heterocycles. The highest BCUT2D eigenvalue weighted by atomic mass is 32.2. The first-order valence-electron chi connectivity index (χ1n) is 5.71. The van der Waals surface area contributed by atoms with Gasteiger partial charge in [0.05, 0.1) is 11.7 Å². The summed E-state index contributed by atoms with van der Waals surface area (Å²) in [4.78, 5) is 11.0. The molecule has 1 saturated heterocycles. The number of rotatable bonds is 3. The van der Waals surface area contributed by atoms with Crippen molar-refractivity contribution in [1.82, 2.24) is 10.9 Å². The molecule has 1 aliphatic rings. The molecule has 1 aliphatic heterocycles. The lowest BCUT2D eigenvalue weighted by Gasteiger charge is -2.23. The van der Waals surface area contributed by atoms with Crippen molar-refractivity contribution in [2.24, 2.45) is 10.2 Å². The standard InChI is InChI=1S/C12H10N6OS/c13-5-10(6-14)16-15-9-3-1-8(2-4-9)11-7-20-12(19)18-17-11/h1-4,10-11,17H,7H2,(H,18,19). The van der Waals surface area contributed by atoms with Crippen LogP contribution >= 0.6 is 11.8 Å². The van der Waals surface area contributed by atoms with Crippen LogP contribution in [0.5, 0.6) is 0 Å². The first-order valence-corrected chi connectivity index (χ1v) is 6.70. The van der Waals surface area contributed by atoms with Crippen molar-refractivity contribution >= 4 is 22.7 Å². The molecule has 1 fully saturated rings. The van der Waals surface area contributed by atoms with Crippen LogP contribution in [0.4, 0.5) is 10.5 Å². The second-order valence-corrected chi connectivity index (χ2v) is 4.88.